The van der Waals surface area contributed by atoms with E-state index in [1.54, 1.807) is 0 Å². The Kier molecular flexibility index (Phi) is 6.31. The third kappa shape index (κ3) is 5.76. The minimum atomic E-state index is -4.03. The van der Waals surface area contributed by atoms with Crippen LogP contribution in [0.4, 0.5) is 0 Å². The van der Waals surface area contributed by atoms with Gasteiger partial charge in [0, 0.05) is 0 Å². The maximum Gasteiger partial charge on any atom is 0.380 e. The molecule has 0 radical (unpaired) electrons. The van der Waals surface area contributed by atoms with Crippen LogP contribution in [0.3, 0.4) is 0 Å². The molecule has 4 nitrogen and oxygen atoms in total. The second kappa shape index (κ2) is 5.90. The fourth-order valence-corrected chi connectivity index (χ4v) is 2.11. The maximum atomic E-state index is 10.7. The summed E-state index contributed by atoms with van der Waals surface area (Å²) in [4.78, 5) is 21.2. The first-order valence-corrected chi connectivity index (χ1v) is 7.48. The van der Waals surface area contributed by atoms with E-state index in [0.717, 1.165) is 0 Å². The smallest absolute Gasteiger partial charge is 0.291 e. The highest BCUT2D eigenvalue weighted by atomic mass is 35.9. The van der Waals surface area contributed by atoms with Crippen LogP contribution in [0, 0.1) is 0 Å². The van der Waals surface area contributed by atoms with Crippen LogP contribution in [0.2, 0.25) is 0 Å². The zero-order valence-electron chi connectivity index (χ0n) is 6.12. The highest BCUT2D eigenvalue weighted by Crippen LogP contribution is 2.59. The van der Waals surface area contributed by atoms with E-state index in [1.165, 1.54) is 0 Å². The van der Waals surface area contributed by atoms with Gasteiger partial charge in [-0.2, -0.15) is 0 Å². The zero-order valence-corrected chi connectivity index (χ0v) is 10.8. The Morgan fingerprint density at radius 2 is 1.57 bits per heavy atom. The summed E-state index contributed by atoms with van der Waals surface area (Å²) < 4.78 is 15.0. The molecule has 0 saturated heterocycles. The zero-order chi connectivity index (χ0) is 11.5. The minimum Gasteiger partial charge on any atom is -0.291 e. The van der Waals surface area contributed by atoms with Crippen molar-refractivity contribution in [2.45, 2.75) is 11.5 Å². The van der Waals surface area contributed by atoms with Crippen LogP contribution in [0.15, 0.2) is 0 Å². The van der Waals surface area contributed by atoms with Gasteiger partial charge in [-0.05, 0) is 45.7 Å². The van der Waals surface area contributed by atoms with Crippen molar-refractivity contribution in [3.63, 3.8) is 0 Å². The molecule has 0 aromatic carbocycles. The molecule has 0 aromatic heterocycles. The van der Waals surface area contributed by atoms with Crippen LogP contribution in [0.5, 0.6) is 0 Å². The van der Waals surface area contributed by atoms with Crippen LogP contribution in [-0.2, 0) is 18.7 Å². The van der Waals surface area contributed by atoms with Gasteiger partial charge in [-0.25, -0.2) is 0 Å². The third-order valence-electron chi connectivity index (χ3n) is 0.943. The van der Waals surface area contributed by atoms with Crippen LogP contribution in [0.25, 0.3) is 0 Å². The van der Waals surface area contributed by atoms with Crippen LogP contribution in [0.1, 0.15) is 0 Å². The topological polar surface area (TPSA) is 60.4 Å². The molecule has 0 spiro atoms. The van der Waals surface area contributed by atoms with E-state index in [0.29, 0.717) is 0 Å². The first-order valence-electron chi connectivity index (χ1n) is 2.85. The average molecular weight is 322 g/mol. The Morgan fingerprint density at radius 3 is 1.79 bits per heavy atom. The largest absolute Gasteiger partial charge is 0.380 e. The van der Waals surface area contributed by atoms with Crippen LogP contribution < -0.4 is 0 Å². The van der Waals surface area contributed by atoms with Gasteiger partial charge in [0.15, 0.2) is 6.10 Å². The molecule has 0 heterocycles. The van der Waals surface area contributed by atoms with Crippen molar-refractivity contribution in [3.05, 3.63) is 0 Å². The van der Waals surface area contributed by atoms with Gasteiger partial charge >= 0.3 is 6.07 Å². The molecular formula is C4H2Cl5O4P. The van der Waals surface area contributed by atoms with E-state index in [-0.39, 0.29) is 0 Å². The maximum absolute atomic E-state index is 10.7. The summed E-state index contributed by atoms with van der Waals surface area (Å²) in [7, 11) is 0. The SMILES string of the molecule is O=C(Cl)C(Cl)C(OP(=O)(Cl)Cl)C(=O)Cl. The second-order valence-electron chi connectivity index (χ2n) is 1.95. The van der Waals surface area contributed by atoms with E-state index in [1.807, 2.05) is 0 Å². The lowest BCUT2D eigenvalue weighted by molar-refractivity contribution is -0.121. The fraction of sp³-hybridized carbons (Fsp3) is 0.500. The summed E-state index contributed by atoms with van der Waals surface area (Å²) >= 11 is 25.3. The quantitative estimate of drug-likeness (QED) is 0.443. The van der Waals surface area contributed by atoms with Crippen molar-refractivity contribution in [1.29, 1.82) is 0 Å². The highest BCUT2D eigenvalue weighted by Gasteiger charge is 2.36. The van der Waals surface area contributed by atoms with E-state index in [2.05, 4.69) is 4.52 Å². The van der Waals surface area contributed by atoms with Gasteiger partial charge in [-0.1, -0.05) is 0 Å². The Morgan fingerprint density at radius 1 is 1.14 bits per heavy atom. The van der Waals surface area contributed by atoms with Gasteiger partial charge in [0.1, 0.15) is 5.38 Å². The minimum absolute atomic E-state index is 1.10. The van der Waals surface area contributed by atoms with Crippen molar-refractivity contribution in [1.82, 2.24) is 0 Å². The van der Waals surface area contributed by atoms with Gasteiger partial charge in [0.05, 0.1) is 0 Å². The number of hydrogen-bond acceptors (Lipinski definition) is 4. The first-order chi connectivity index (χ1) is 6.15. The number of carbonyl (C=O) groups is 2. The molecule has 0 fully saturated rings. The molecule has 0 bridgehead atoms. The summed E-state index contributed by atoms with van der Waals surface area (Å²) in [5.41, 5.74) is 0. The molecule has 0 aliphatic carbocycles. The van der Waals surface area contributed by atoms with E-state index in [9.17, 15) is 14.2 Å². The first kappa shape index (κ1) is 15.0. The predicted molar refractivity (Wildman–Crippen MR) is 55.5 cm³/mol. The molecule has 14 heavy (non-hydrogen) atoms. The van der Waals surface area contributed by atoms with Crippen molar-refractivity contribution >= 4 is 73.8 Å². The molecule has 0 saturated carbocycles. The fourth-order valence-electron chi connectivity index (χ4n) is 0.461. The molecule has 10 heteroatoms. The van der Waals surface area contributed by atoms with Crippen molar-refractivity contribution in [3.8, 4) is 0 Å². The molecule has 0 amide bonds. The molecule has 0 aromatic rings. The van der Waals surface area contributed by atoms with Crippen molar-refractivity contribution in [2.24, 2.45) is 0 Å². The Balaban J connectivity index is 4.70. The monoisotopic (exact) mass is 320 g/mol. The molecule has 82 valence electrons. The van der Waals surface area contributed by atoms with Gasteiger partial charge in [0.2, 0.25) is 5.24 Å². The Bertz CT molecular complexity index is 287. The third-order valence-corrected chi connectivity index (χ3v) is 2.88. The van der Waals surface area contributed by atoms with Crippen LogP contribution >= 0.6 is 63.4 Å². The number of alkyl halides is 1. The number of carbonyl (C=O) groups excluding carboxylic acids is 2. The molecule has 0 aliphatic heterocycles. The summed E-state index contributed by atoms with van der Waals surface area (Å²) in [5.74, 6) is 0. The molecule has 0 rings (SSSR count). The van der Waals surface area contributed by atoms with Gasteiger partial charge < -0.3 is 0 Å². The number of hydrogen-bond donors (Lipinski definition) is 0. The Hall–Kier alpha value is 0.980. The van der Waals surface area contributed by atoms with Crippen molar-refractivity contribution < 1.29 is 18.7 Å². The van der Waals surface area contributed by atoms with Crippen molar-refractivity contribution in [2.75, 3.05) is 0 Å². The second-order valence-corrected chi connectivity index (χ2v) is 7.39. The predicted octanol–water partition coefficient (Wildman–Crippen LogP) is 3.10. The molecule has 2 unspecified atom stereocenters. The molecule has 0 aliphatic rings. The lowest BCUT2D eigenvalue weighted by atomic mass is 10.3. The van der Waals surface area contributed by atoms with Gasteiger partial charge in [-0.3, -0.25) is 18.7 Å². The summed E-state index contributed by atoms with van der Waals surface area (Å²) in [5, 5.41) is -3.89. The highest BCUT2D eigenvalue weighted by molar-refractivity contribution is 8.05. The number of halogens is 5. The average Bonchev–Trinajstić information content (AvgIpc) is 1.96. The lowest BCUT2D eigenvalue weighted by Crippen LogP contribution is -2.32. The molecule has 0 N–H and O–H groups in total. The van der Waals surface area contributed by atoms with Crippen LogP contribution in [-0.4, -0.2) is 22.0 Å². The van der Waals surface area contributed by atoms with E-state index >= 15 is 0 Å². The molecule has 2 atom stereocenters. The van der Waals surface area contributed by atoms with E-state index < -0.39 is 28.0 Å². The normalized spacial score (nSPS) is 16.1. The summed E-state index contributed by atoms with van der Waals surface area (Å²) in [6.45, 7) is 0. The standard InChI is InChI=1S/C4H2Cl5O4P/c5-1(3(6)10)2(4(7)11)13-14(8,9)12/h1-2H. The van der Waals surface area contributed by atoms with E-state index in [4.69, 9.17) is 57.3 Å². The van der Waals surface area contributed by atoms with Gasteiger partial charge in [-0.15, -0.1) is 11.6 Å². The molecular weight excluding hydrogens is 320 g/mol. The Labute approximate surface area is 104 Å². The summed E-state index contributed by atoms with van der Waals surface area (Å²) in [6.07, 6.45) is -5.77. The number of rotatable bonds is 5. The summed E-state index contributed by atoms with van der Waals surface area (Å²) in [6, 6.07) is 0. The van der Waals surface area contributed by atoms with Gasteiger partial charge in [0.25, 0.3) is 5.24 Å². The lowest BCUT2D eigenvalue weighted by Gasteiger charge is -2.15.